The Labute approximate surface area is 423 Å². The first-order chi connectivity index (χ1) is 32.9. The van der Waals surface area contributed by atoms with E-state index in [1.165, 1.54) is 68.2 Å². The highest BCUT2D eigenvalue weighted by Crippen LogP contribution is 2.55. The Kier molecular flexibility index (Phi) is 34.2. The number of rotatable bonds is 23. The Morgan fingerprint density at radius 3 is 1.50 bits per heavy atom. The number of benzene rings is 5. The minimum Gasteiger partial charge on any atom is -0.385 e. The lowest BCUT2D eigenvalue weighted by molar-refractivity contribution is 0.379. The van der Waals surface area contributed by atoms with Gasteiger partial charge in [0.25, 0.3) is 0 Å². The van der Waals surface area contributed by atoms with Gasteiger partial charge in [0.1, 0.15) is 0 Å². The highest BCUT2D eigenvalue weighted by Gasteiger charge is 2.16. The molecule has 0 saturated carbocycles. The molecule has 0 aliphatic carbocycles. The van der Waals surface area contributed by atoms with Gasteiger partial charge in [-0.15, -0.1) is 6.58 Å². The number of hydrogen-bond donors (Lipinski definition) is 1. The van der Waals surface area contributed by atoms with Crippen molar-refractivity contribution < 1.29 is 0 Å². The van der Waals surface area contributed by atoms with E-state index in [1.807, 2.05) is 46.8 Å². The third kappa shape index (κ3) is 29.1. The maximum absolute atomic E-state index is 4.20. The standard InChI is InChI=1S/C37H42NPS.C13H22.C11H14.2C2H6/c1-4-38-36(30(2)3)29-34-21-23-37(35(28-34)22-20-31-14-8-5-9-15-31)40-39(26-24-32-16-10-6-11-17-32)27-25-33-18-12-7-13-19-33;1-6-8-12(9-7-2)10-11-13(3,4)5;1-10(2)8-9-11-6-4-3-5-7-11;2*1-2/h4-19,21,23,28,36,38H,1-2,20,22,24-27,29H2,3H3;6-9H,1,10-11H2,2-5H3;3-7H,1,8-9H2,2H3;2*1-2H3/b;9-7-,12-8+;;;. The highest BCUT2D eigenvalue weighted by atomic mass is 32.7. The second kappa shape index (κ2) is 38.0. The van der Waals surface area contributed by atoms with Gasteiger partial charge in [0.2, 0.25) is 0 Å². The SMILES string of the molecule is C=C(C)CCc1ccccc1.C=C/C=C(\C=C/C)CCC(C)(C)C.C=CNC(Cc1ccc(SP(CCc2ccccc2)CCc2ccccc2)c(CCc2ccccc2)c1)C(=C)C.CC.CC. The molecule has 0 aliphatic heterocycles. The first-order valence-corrected chi connectivity index (χ1v) is 28.3. The van der Waals surface area contributed by atoms with Gasteiger partial charge in [0.05, 0.1) is 6.04 Å². The molecule has 0 heterocycles. The van der Waals surface area contributed by atoms with E-state index in [2.05, 4.69) is 229 Å². The third-order valence-electron chi connectivity index (χ3n) is 10.8. The number of aryl methyl sites for hydroxylation is 5. The van der Waals surface area contributed by atoms with Gasteiger partial charge in [-0.25, -0.2) is 0 Å². The van der Waals surface area contributed by atoms with Crippen LogP contribution in [0.5, 0.6) is 0 Å². The predicted molar refractivity (Wildman–Crippen MR) is 313 cm³/mol. The molecule has 0 fully saturated rings. The lowest BCUT2D eigenvalue weighted by Gasteiger charge is -2.21. The predicted octanol–water partition coefficient (Wildman–Crippen LogP) is 19.4. The van der Waals surface area contributed by atoms with E-state index in [4.69, 9.17) is 0 Å². The first kappa shape index (κ1) is 61.1. The second-order valence-corrected chi connectivity index (χ2v) is 22.5. The summed E-state index contributed by atoms with van der Waals surface area (Å²) in [7, 11) is -0.231. The fraction of sp³-hybridized carbons (Fsp3) is 0.354. The van der Waals surface area contributed by atoms with Gasteiger partial charge in [0, 0.05) is 4.90 Å². The third-order valence-corrected chi connectivity index (χ3v) is 15.5. The summed E-state index contributed by atoms with van der Waals surface area (Å²) in [6.07, 6.45) is 22.3. The van der Waals surface area contributed by atoms with E-state index < -0.39 is 0 Å². The van der Waals surface area contributed by atoms with Crippen LogP contribution in [0.4, 0.5) is 0 Å². The first-order valence-electron chi connectivity index (χ1n) is 25.2. The summed E-state index contributed by atoms with van der Waals surface area (Å²) in [6, 6.07) is 50.7. The molecule has 0 aliphatic rings. The molecule has 0 spiro atoms. The molecular formula is C65H90NPS. The molecule has 0 aromatic heterocycles. The Balaban J connectivity index is 0.000000672. The summed E-state index contributed by atoms with van der Waals surface area (Å²) in [5.74, 6) is 0. The lowest BCUT2D eigenvalue weighted by atomic mass is 9.88. The Morgan fingerprint density at radius 2 is 1.09 bits per heavy atom. The molecule has 68 heavy (non-hydrogen) atoms. The Morgan fingerprint density at radius 1 is 0.618 bits per heavy atom. The van der Waals surface area contributed by atoms with Gasteiger partial charge in [-0.1, -0.05) is 248 Å². The smallest absolute Gasteiger partial charge is 0.0503 e. The minimum atomic E-state index is -0.231. The van der Waals surface area contributed by atoms with E-state index in [0.29, 0.717) is 5.41 Å². The fourth-order valence-electron chi connectivity index (χ4n) is 6.97. The van der Waals surface area contributed by atoms with Gasteiger partial charge in [-0.05, 0) is 155 Å². The number of hydrogen-bond acceptors (Lipinski definition) is 2. The largest absolute Gasteiger partial charge is 0.385 e. The summed E-state index contributed by atoms with van der Waals surface area (Å²) < 4.78 is 0. The average molecular weight is 948 g/mol. The topological polar surface area (TPSA) is 12.0 Å². The van der Waals surface area contributed by atoms with Gasteiger partial charge in [0.15, 0.2) is 0 Å². The molecule has 5 aromatic carbocycles. The highest BCUT2D eigenvalue weighted by molar-refractivity contribution is 8.55. The van der Waals surface area contributed by atoms with Gasteiger partial charge in [-0.2, -0.15) is 0 Å². The lowest BCUT2D eigenvalue weighted by Crippen LogP contribution is -2.27. The van der Waals surface area contributed by atoms with Gasteiger partial charge in [-0.3, -0.25) is 0 Å². The van der Waals surface area contributed by atoms with E-state index >= 15 is 0 Å². The molecular weight excluding hydrogens is 858 g/mol. The Hall–Kier alpha value is -4.88. The van der Waals surface area contributed by atoms with Crippen LogP contribution in [-0.4, -0.2) is 18.4 Å². The van der Waals surface area contributed by atoms with Crippen LogP contribution in [0.25, 0.3) is 0 Å². The summed E-state index contributed by atoms with van der Waals surface area (Å²) >= 11 is 2.15. The van der Waals surface area contributed by atoms with Crippen LogP contribution in [0.3, 0.4) is 0 Å². The summed E-state index contributed by atoms with van der Waals surface area (Å²) in [6.45, 7) is 36.7. The molecule has 0 radical (unpaired) electrons. The van der Waals surface area contributed by atoms with Crippen LogP contribution in [0.15, 0.2) is 218 Å². The van der Waals surface area contributed by atoms with Gasteiger partial charge < -0.3 is 5.32 Å². The summed E-state index contributed by atoms with van der Waals surface area (Å²) in [4.78, 5) is 1.45. The monoisotopic (exact) mass is 948 g/mol. The molecule has 5 rings (SSSR count). The van der Waals surface area contributed by atoms with Crippen molar-refractivity contribution in [3.8, 4) is 0 Å². The molecule has 0 amide bonds. The zero-order chi connectivity index (χ0) is 50.4. The quantitative estimate of drug-likeness (QED) is 0.0398. The molecule has 5 aromatic rings. The van der Waals surface area contributed by atoms with Crippen molar-refractivity contribution in [2.75, 3.05) is 12.3 Å². The maximum atomic E-state index is 4.20. The zero-order valence-electron chi connectivity index (χ0n) is 44.2. The molecule has 0 saturated heterocycles. The number of nitrogens with one attached hydrogen (secondary N) is 1. The van der Waals surface area contributed by atoms with E-state index in [0.717, 1.165) is 56.9 Å². The summed E-state index contributed by atoms with van der Waals surface area (Å²) in [5, 5.41) is 3.38. The van der Waals surface area contributed by atoms with E-state index in [9.17, 15) is 0 Å². The molecule has 1 unspecified atom stereocenters. The van der Waals surface area contributed by atoms with Gasteiger partial charge >= 0.3 is 0 Å². The van der Waals surface area contributed by atoms with Crippen molar-refractivity contribution in [3.05, 3.63) is 246 Å². The maximum Gasteiger partial charge on any atom is 0.0503 e. The van der Waals surface area contributed by atoms with Crippen LogP contribution in [0.1, 0.15) is 122 Å². The molecule has 1 atom stereocenters. The van der Waals surface area contributed by atoms with E-state index in [1.54, 1.807) is 6.20 Å². The fourth-order valence-corrected chi connectivity index (χ4v) is 11.5. The van der Waals surface area contributed by atoms with Crippen LogP contribution in [0.2, 0.25) is 0 Å². The van der Waals surface area contributed by atoms with Crippen molar-refractivity contribution in [1.29, 1.82) is 0 Å². The van der Waals surface area contributed by atoms with E-state index in [-0.39, 0.29) is 13.2 Å². The molecule has 3 heteroatoms. The summed E-state index contributed by atoms with van der Waals surface area (Å²) in [5.41, 5.74) is 12.7. The van der Waals surface area contributed by atoms with Crippen molar-refractivity contribution in [1.82, 2.24) is 5.32 Å². The molecule has 1 N–H and O–H groups in total. The number of allylic oxidation sites excluding steroid dienone is 6. The van der Waals surface area contributed by atoms with Crippen molar-refractivity contribution >= 4 is 18.5 Å². The van der Waals surface area contributed by atoms with Crippen LogP contribution < -0.4 is 5.32 Å². The normalized spacial score (nSPS) is 11.2. The van der Waals surface area contributed by atoms with Crippen molar-refractivity contribution in [2.45, 2.75) is 138 Å². The van der Waals surface area contributed by atoms with Crippen LogP contribution in [-0.2, 0) is 38.5 Å². The molecule has 0 bridgehead atoms. The van der Waals surface area contributed by atoms with Crippen molar-refractivity contribution in [3.63, 3.8) is 0 Å². The average Bonchev–Trinajstić information content (AvgIpc) is 3.36. The minimum absolute atomic E-state index is 0.201. The molecule has 1 nitrogen and oxygen atoms in total. The van der Waals surface area contributed by atoms with Crippen LogP contribution >= 0.6 is 18.5 Å². The Bertz CT molecular complexity index is 2080. The second-order valence-electron chi connectivity index (χ2n) is 17.9. The van der Waals surface area contributed by atoms with Crippen LogP contribution in [0, 0.1) is 5.41 Å². The molecule has 366 valence electrons. The zero-order valence-corrected chi connectivity index (χ0v) is 45.9. The van der Waals surface area contributed by atoms with Crippen molar-refractivity contribution in [2.24, 2.45) is 5.41 Å².